The van der Waals surface area contributed by atoms with E-state index in [1.165, 1.54) is 6.07 Å². The second kappa shape index (κ2) is 4.07. The molecule has 5 nitrogen and oxygen atoms in total. The zero-order valence-corrected chi connectivity index (χ0v) is 8.70. The van der Waals surface area contributed by atoms with Crippen LogP contribution in [0.3, 0.4) is 0 Å². The maximum Gasteiger partial charge on any atom is 0.240 e. The van der Waals surface area contributed by atoms with Gasteiger partial charge >= 0.3 is 0 Å². The minimum Gasteiger partial charge on any atom is -0.505 e. The molecule has 0 fully saturated rings. The normalized spacial score (nSPS) is 10.7. The maximum absolute atomic E-state index is 13.5. The van der Waals surface area contributed by atoms with Crippen LogP contribution in [0.4, 0.5) is 4.39 Å². The minimum atomic E-state index is -0.689. The first-order valence-corrected chi connectivity index (χ1v) is 4.71. The largest absolute Gasteiger partial charge is 0.505 e. The van der Waals surface area contributed by atoms with E-state index in [1.54, 1.807) is 0 Å². The number of hydrogen-bond acceptors (Lipinski definition) is 5. The lowest BCUT2D eigenvalue weighted by atomic mass is 10.2. The molecule has 0 atom stereocenters. The summed E-state index contributed by atoms with van der Waals surface area (Å²) >= 11 is 5.65. The standard InChI is InChI=1S/C9H7ClFN3O2/c10-4-1-2-5(11)7(8(4)15)9-13-6(3-12)16-14-9/h1-2,15H,3,12H2. The quantitative estimate of drug-likeness (QED) is 0.838. The second-order valence-electron chi connectivity index (χ2n) is 2.97. The number of nitrogens with two attached hydrogens (primary N) is 1. The van der Waals surface area contributed by atoms with Crippen LogP contribution in [-0.2, 0) is 6.54 Å². The predicted octanol–water partition coefficient (Wildman–Crippen LogP) is 1.69. The highest BCUT2D eigenvalue weighted by atomic mass is 35.5. The number of aromatic hydroxyl groups is 1. The Morgan fingerprint density at radius 2 is 2.25 bits per heavy atom. The van der Waals surface area contributed by atoms with Gasteiger partial charge in [-0.25, -0.2) is 4.39 Å². The van der Waals surface area contributed by atoms with Crippen molar-refractivity contribution in [2.24, 2.45) is 5.73 Å². The highest BCUT2D eigenvalue weighted by molar-refractivity contribution is 6.32. The summed E-state index contributed by atoms with van der Waals surface area (Å²) in [5, 5.41) is 13.1. The molecular weight excluding hydrogens is 237 g/mol. The highest BCUT2D eigenvalue weighted by Gasteiger charge is 2.18. The van der Waals surface area contributed by atoms with Gasteiger partial charge in [0.25, 0.3) is 0 Å². The number of nitrogens with zero attached hydrogens (tertiary/aromatic N) is 2. The lowest BCUT2D eigenvalue weighted by molar-refractivity contribution is 0.380. The molecule has 1 heterocycles. The Morgan fingerprint density at radius 3 is 2.88 bits per heavy atom. The molecule has 0 saturated carbocycles. The molecule has 0 unspecified atom stereocenters. The summed E-state index contributed by atoms with van der Waals surface area (Å²) in [5.41, 5.74) is 5.07. The van der Waals surface area contributed by atoms with E-state index in [9.17, 15) is 9.50 Å². The van der Waals surface area contributed by atoms with Crippen LogP contribution in [0.5, 0.6) is 5.75 Å². The van der Waals surface area contributed by atoms with Crippen molar-refractivity contribution in [3.05, 3.63) is 28.9 Å². The van der Waals surface area contributed by atoms with Gasteiger partial charge in [0.05, 0.1) is 11.6 Å². The third-order valence-electron chi connectivity index (χ3n) is 1.94. The molecular formula is C9H7ClFN3O2. The van der Waals surface area contributed by atoms with E-state index in [0.29, 0.717) is 0 Å². The monoisotopic (exact) mass is 243 g/mol. The Bertz CT molecular complexity index is 529. The smallest absolute Gasteiger partial charge is 0.240 e. The fourth-order valence-corrected chi connectivity index (χ4v) is 1.35. The van der Waals surface area contributed by atoms with Gasteiger partial charge in [0.2, 0.25) is 11.7 Å². The molecule has 0 spiro atoms. The third kappa shape index (κ3) is 1.72. The van der Waals surface area contributed by atoms with Crippen LogP contribution in [0.2, 0.25) is 5.02 Å². The first-order chi connectivity index (χ1) is 7.63. The number of phenols is 1. The maximum atomic E-state index is 13.5. The fourth-order valence-electron chi connectivity index (χ4n) is 1.19. The zero-order valence-electron chi connectivity index (χ0n) is 7.94. The number of rotatable bonds is 2. The first kappa shape index (κ1) is 10.8. The van der Waals surface area contributed by atoms with Crippen molar-refractivity contribution in [2.75, 3.05) is 0 Å². The van der Waals surface area contributed by atoms with E-state index in [-0.39, 0.29) is 28.8 Å². The van der Waals surface area contributed by atoms with Crippen LogP contribution in [0, 0.1) is 5.82 Å². The van der Waals surface area contributed by atoms with Crippen LogP contribution in [0.1, 0.15) is 5.89 Å². The Balaban J connectivity index is 2.58. The van der Waals surface area contributed by atoms with Gasteiger partial charge in [-0.1, -0.05) is 16.8 Å². The summed E-state index contributed by atoms with van der Waals surface area (Å²) in [7, 11) is 0. The van der Waals surface area contributed by atoms with Crippen molar-refractivity contribution < 1.29 is 14.0 Å². The van der Waals surface area contributed by atoms with Crippen LogP contribution < -0.4 is 5.73 Å². The second-order valence-corrected chi connectivity index (χ2v) is 3.38. The summed E-state index contributed by atoms with van der Waals surface area (Å²) in [5.74, 6) is -1.05. The molecule has 16 heavy (non-hydrogen) atoms. The van der Waals surface area contributed by atoms with Gasteiger partial charge in [-0.3, -0.25) is 0 Å². The molecule has 2 aromatic rings. The van der Waals surface area contributed by atoms with Crippen molar-refractivity contribution in [1.29, 1.82) is 0 Å². The Kier molecular flexibility index (Phi) is 2.76. The number of aromatic nitrogens is 2. The van der Waals surface area contributed by atoms with Crippen molar-refractivity contribution in [3.63, 3.8) is 0 Å². The van der Waals surface area contributed by atoms with Gasteiger partial charge in [-0.15, -0.1) is 0 Å². The summed E-state index contributed by atoms with van der Waals surface area (Å²) < 4.78 is 18.2. The molecule has 84 valence electrons. The van der Waals surface area contributed by atoms with E-state index in [4.69, 9.17) is 21.9 Å². The zero-order chi connectivity index (χ0) is 11.7. The predicted molar refractivity (Wildman–Crippen MR) is 54.3 cm³/mol. The van der Waals surface area contributed by atoms with Crippen molar-refractivity contribution in [2.45, 2.75) is 6.54 Å². The van der Waals surface area contributed by atoms with Gasteiger partial charge in [0.15, 0.2) is 0 Å². The van der Waals surface area contributed by atoms with Crippen LogP contribution in [0.15, 0.2) is 16.7 Å². The molecule has 2 rings (SSSR count). The van der Waals surface area contributed by atoms with Gasteiger partial charge in [-0.2, -0.15) is 4.98 Å². The third-order valence-corrected chi connectivity index (χ3v) is 2.25. The Labute approximate surface area is 94.6 Å². The molecule has 1 aromatic carbocycles. The van der Waals surface area contributed by atoms with Crippen molar-refractivity contribution in [1.82, 2.24) is 10.1 Å². The average Bonchev–Trinajstić information content (AvgIpc) is 2.73. The average molecular weight is 244 g/mol. The highest BCUT2D eigenvalue weighted by Crippen LogP contribution is 2.35. The van der Waals surface area contributed by atoms with E-state index >= 15 is 0 Å². The molecule has 0 aliphatic heterocycles. The number of phenolic OH excluding ortho intramolecular Hbond substituents is 1. The van der Waals surface area contributed by atoms with E-state index in [0.717, 1.165) is 6.07 Å². The summed E-state index contributed by atoms with van der Waals surface area (Å²) in [6, 6.07) is 2.34. The number of halogens is 2. The van der Waals surface area contributed by atoms with Gasteiger partial charge in [0.1, 0.15) is 17.1 Å². The molecule has 7 heteroatoms. The molecule has 0 aliphatic carbocycles. The summed E-state index contributed by atoms with van der Waals surface area (Å²) in [4.78, 5) is 3.80. The molecule has 0 bridgehead atoms. The number of benzene rings is 1. The summed E-state index contributed by atoms with van der Waals surface area (Å²) in [6.07, 6.45) is 0. The van der Waals surface area contributed by atoms with Crippen molar-refractivity contribution >= 4 is 11.6 Å². The van der Waals surface area contributed by atoms with Gasteiger partial charge in [-0.05, 0) is 12.1 Å². The lowest BCUT2D eigenvalue weighted by Crippen LogP contribution is -1.96. The minimum absolute atomic E-state index is 0.00972. The lowest BCUT2D eigenvalue weighted by Gasteiger charge is -2.02. The Morgan fingerprint density at radius 1 is 1.50 bits per heavy atom. The SMILES string of the molecule is NCc1nc(-c2c(F)ccc(Cl)c2O)no1. The first-order valence-electron chi connectivity index (χ1n) is 4.33. The van der Waals surface area contributed by atoms with Crippen LogP contribution in [0.25, 0.3) is 11.4 Å². The number of hydrogen-bond donors (Lipinski definition) is 2. The van der Waals surface area contributed by atoms with E-state index in [2.05, 4.69) is 10.1 Å². The fraction of sp³-hybridized carbons (Fsp3) is 0.111. The molecule has 0 radical (unpaired) electrons. The van der Waals surface area contributed by atoms with E-state index < -0.39 is 11.6 Å². The molecule has 1 aromatic heterocycles. The topological polar surface area (TPSA) is 85.2 Å². The Hall–Kier alpha value is -1.66. The molecule has 0 aliphatic rings. The molecule has 0 saturated heterocycles. The van der Waals surface area contributed by atoms with Crippen LogP contribution >= 0.6 is 11.6 Å². The van der Waals surface area contributed by atoms with Gasteiger partial charge < -0.3 is 15.4 Å². The summed E-state index contributed by atoms with van der Waals surface area (Å²) in [6.45, 7) is 0.0376. The molecule has 3 N–H and O–H groups in total. The van der Waals surface area contributed by atoms with E-state index in [1.807, 2.05) is 0 Å². The van der Waals surface area contributed by atoms with Crippen molar-refractivity contribution in [3.8, 4) is 17.1 Å². The van der Waals surface area contributed by atoms with Crippen LogP contribution in [-0.4, -0.2) is 15.2 Å². The van der Waals surface area contributed by atoms with Gasteiger partial charge in [0, 0.05) is 0 Å². The molecule has 0 amide bonds.